The van der Waals surface area contributed by atoms with E-state index in [0.29, 0.717) is 12.1 Å². The third-order valence-electron chi connectivity index (χ3n) is 4.11. The number of rotatable bonds is 4. The van der Waals surface area contributed by atoms with E-state index < -0.39 is 0 Å². The minimum absolute atomic E-state index is 0.0160. The highest BCUT2D eigenvalue weighted by Gasteiger charge is 2.17. The van der Waals surface area contributed by atoms with Crippen molar-refractivity contribution in [2.24, 2.45) is 7.05 Å². The van der Waals surface area contributed by atoms with Gasteiger partial charge in [0.25, 0.3) is 11.5 Å². The molecule has 0 radical (unpaired) electrons. The molecule has 2 aromatic rings. The Morgan fingerprint density at radius 2 is 1.87 bits per heavy atom. The number of hydrogen-bond donors (Lipinski definition) is 1. The first-order valence-corrected chi connectivity index (χ1v) is 7.70. The number of aromatic nitrogens is 3. The smallest absolute Gasteiger partial charge is 0.263 e. The largest absolute Gasteiger partial charge is 0.350 e. The van der Waals surface area contributed by atoms with Gasteiger partial charge >= 0.3 is 0 Å². The fourth-order valence-electron chi connectivity index (χ4n) is 2.76. The van der Waals surface area contributed by atoms with Gasteiger partial charge in [0.2, 0.25) is 0 Å². The van der Waals surface area contributed by atoms with Crippen LogP contribution in [0.5, 0.6) is 0 Å². The number of carbonyl (C=O) groups excluding carboxylic acids is 1. The van der Waals surface area contributed by atoms with Crippen molar-refractivity contribution < 1.29 is 4.79 Å². The molecule has 0 aliphatic heterocycles. The van der Waals surface area contributed by atoms with Gasteiger partial charge in [-0.15, -0.1) is 0 Å². The van der Waals surface area contributed by atoms with Crippen LogP contribution in [0, 0.1) is 27.7 Å². The second-order valence-corrected chi connectivity index (χ2v) is 6.14. The molecular weight excluding hydrogens is 292 g/mol. The van der Waals surface area contributed by atoms with Gasteiger partial charge in [-0.3, -0.25) is 14.3 Å². The maximum absolute atomic E-state index is 12.4. The zero-order valence-electron chi connectivity index (χ0n) is 14.6. The van der Waals surface area contributed by atoms with E-state index in [-0.39, 0.29) is 23.1 Å². The summed E-state index contributed by atoms with van der Waals surface area (Å²) in [5.41, 5.74) is 3.47. The van der Waals surface area contributed by atoms with Gasteiger partial charge in [-0.05, 0) is 52.3 Å². The molecule has 1 atom stereocenters. The fourth-order valence-corrected chi connectivity index (χ4v) is 2.76. The molecule has 0 spiro atoms. The quantitative estimate of drug-likeness (QED) is 0.935. The number of nitrogens with one attached hydrogen (secondary N) is 1. The van der Waals surface area contributed by atoms with Crippen LogP contribution in [-0.4, -0.2) is 26.8 Å². The number of pyridine rings is 1. The van der Waals surface area contributed by atoms with Gasteiger partial charge < -0.3 is 9.88 Å². The molecule has 6 nitrogen and oxygen atoms in total. The summed E-state index contributed by atoms with van der Waals surface area (Å²) >= 11 is 0. The SMILES string of the molecule is Cc1cc(C)n([C@@H](C)CNC(=O)c2c(C)cc(C)n(C)c2=O)n1. The van der Waals surface area contributed by atoms with E-state index in [1.54, 1.807) is 14.0 Å². The number of carbonyl (C=O) groups is 1. The normalized spacial score (nSPS) is 12.3. The van der Waals surface area contributed by atoms with Gasteiger partial charge in [-0.25, -0.2) is 0 Å². The molecule has 124 valence electrons. The van der Waals surface area contributed by atoms with Crippen molar-refractivity contribution in [3.63, 3.8) is 0 Å². The van der Waals surface area contributed by atoms with Crippen LogP contribution in [0.25, 0.3) is 0 Å². The van der Waals surface area contributed by atoms with Crippen molar-refractivity contribution in [2.45, 2.75) is 40.7 Å². The van der Waals surface area contributed by atoms with Crippen molar-refractivity contribution in [3.8, 4) is 0 Å². The summed E-state index contributed by atoms with van der Waals surface area (Å²) in [6, 6.07) is 3.86. The Balaban J connectivity index is 2.16. The van der Waals surface area contributed by atoms with Crippen molar-refractivity contribution in [1.82, 2.24) is 19.7 Å². The van der Waals surface area contributed by atoms with Crippen LogP contribution in [-0.2, 0) is 7.05 Å². The van der Waals surface area contributed by atoms with E-state index in [1.165, 1.54) is 4.57 Å². The highest BCUT2D eigenvalue weighted by Crippen LogP contribution is 2.10. The van der Waals surface area contributed by atoms with Gasteiger partial charge in [-0.1, -0.05) is 0 Å². The molecule has 2 heterocycles. The van der Waals surface area contributed by atoms with E-state index >= 15 is 0 Å². The molecule has 1 amide bonds. The molecular formula is C17H24N4O2. The third kappa shape index (κ3) is 3.36. The number of nitrogens with zero attached hydrogens (tertiary/aromatic N) is 3. The molecule has 2 aromatic heterocycles. The van der Waals surface area contributed by atoms with Gasteiger partial charge in [0.05, 0.1) is 11.7 Å². The van der Waals surface area contributed by atoms with E-state index in [9.17, 15) is 9.59 Å². The van der Waals surface area contributed by atoms with Crippen LogP contribution in [0.4, 0.5) is 0 Å². The molecule has 1 N–H and O–H groups in total. The minimum Gasteiger partial charge on any atom is -0.350 e. The lowest BCUT2D eigenvalue weighted by atomic mass is 10.1. The van der Waals surface area contributed by atoms with Crippen LogP contribution >= 0.6 is 0 Å². The number of aryl methyl sites for hydroxylation is 4. The predicted octanol–water partition coefficient (Wildman–Crippen LogP) is 1.81. The Labute approximate surface area is 136 Å². The van der Waals surface area contributed by atoms with Gasteiger partial charge in [-0.2, -0.15) is 5.10 Å². The number of amides is 1. The first-order valence-electron chi connectivity index (χ1n) is 7.70. The third-order valence-corrected chi connectivity index (χ3v) is 4.11. The summed E-state index contributed by atoms with van der Waals surface area (Å²) in [7, 11) is 1.67. The average molecular weight is 316 g/mol. The van der Waals surface area contributed by atoms with E-state index in [4.69, 9.17) is 0 Å². The van der Waals surface area contributed by atoms with E-state index in [1.807, 2.05) is 44.5 Å². The summed E-state index contributed by atoms with van der Waals surface area (Å²) < 4.78 is 3.38. The lowest BCUT2D eigenvalue weighted by Crippen LogP contribution is -2.36. The van der Waals surface area contributed by atoms with E-state index in [0.717, 1.165) is 17.1 Å². The molecule has 0 saturated carbocycles. The Bertz CT molecular complexity index is 802. The van der Waals surface area contributed by atoms with Crippen LogP contribution in [0.15, 0.2) is 16.9 Å². The average Bonchev–Trinajstić information content (AvgIpc) is 2.81. The molecule has 0 aliphatic rings. The second-order valence-electron chi connectivity index (χ2n) is 6.14. The first kappa shape index (κ1) is 17.0. The van der Waals surface area contributed by atoms with Gasteiger partial charge in [0, 0.05) is 25.0 Å². The molecule has 0 unspecified atom stereocenters. The lowest BCUT2D eigenvalue weighted by Gasteiger charge is -2.16. The molecule has 0 bridgehead atoms. The molecule has 0 aliphatic carbocycles. The monoisotopic (exact) mass is 316 g/mol. The topological polar surface area (TPSA) is 68.9 Å². The van der Waals surface area contributed by atoms with Crippen LogP contribution in [0.2, 0.25) is 0 Å². The summed E-state index contributed by atoms with van der Waals surface area (Å²) in [6.07, 6.45) is 0. The maximum atomic E-state index is 12.4. The van der Waals surface area contributed by atoms with Crippen molar-refractivity contribution in [2.75, 3.05) is 6.54 Å². The molecule has 0 saturated heterocycles. The second kappa shape index (κ2) is 6.40. The standard InChI is InChI=1S/C17H24N4O2/c1-10-7-12(3)20(6)17(23)15(10)16(22)18-9-14(5)21-13(4)8-11(2)19-21/h7-8,14H,9H2,1-6H3,(H,18,22)/t14-/m0/s1. The Morgan fingerprint density at radius 3 is 2.43 bits per heavy atom. The zero-order chi connectivity index (χ0) is 17.3. The highest BCUT2D eigenvalue weighted by molar-refractivity contribution is 5.95. The number of hydrogen-bond acceptors (Lipinski definition) is 3. The fraction of sp³-hybridized carbons (Fsp3) is 0.471. The Kier molecular flexibility index (Phi) is 4.73. The van der Waals surface area contributed by atoms with Gasteiger partial charge in [0.1, 0.15) is 5.56 Å². The highest BCUT2D eigenvalue weighted by atomic mass is 16.2. The van der Waals surface area contributed by atoms with E-state index in [2.05, 4.69) is 10.4 Å². The van der Waals surface area contributed by atoms with Crippen molar-refractivity contribution >= 4 is 5.91 Å². The van der Waals surface area contributed by atoms with Gasteiger partial charge in [0.15, 0.2) is 0 Å². The van der Waals surface area contributed by atoms with Crippen molar-refractivity contribution in [3.05, 3.63) is 50.7 Å². The summed E-state index contributed by atoms with van der Waals surface area (Å²) in [6.45, 7) is 9.96. The Hall–Kier alpha value is -2.37. The molecule has 0 aromatic carbocycles. The first-order chi connectivity index (χ1) is 10.7. The van der Waals surface area contributed by atoms with Crippen LogP contribution in [0.1, 0.15) is 46.0 Å². The zero-order valence-corrected chi connectivity index (χ0v) is 14.6. The molecule has 0 fully saturated rings. The minimum atomic E-state index is -0.337. The Morgan fingerprint density at radius 1 is 1.22 bits per heavy atom. The van der Waals surface area contributed by atoms with Crippen LogP contribution in [0.3, 0.4) is 0 Å². The van der Waals surface area contributed by atoms with Crippen LogP contribution < -0.4 is 10.9 Å². The van der Waals surface area contributed by atoms with Crippen molar-refractivity contribution in [1.29, 1.82) is 0 Å². The molecule has 23 heavy (non-hydrogen) atoms. The molecule has 2 rings (SSSR count). The summed E-state index contributed by atoms with van der Waals surface area (Å²) in [5.74, 6) is -0.337. The molecule has 6 heteroatoms. The maximum Gasteiger partial charge on any atom is 0.263 e. The summed E-state index contributed by atoms with van der Waals surface area (Å²) in [5, 5.41) is 7.27. The predicted molar refractivity (Wildman–Crippen MR) is 89.9 cm³/mol. The summed E-state index contributed by atoms with van der Waals surface area (Å²) in [4.78, 5) is 24.7. The lowest BCUT2D eigenvalue weighted by molar-refractivity contribution is 0.0945.